The van der Waals surface area contributed by atoms with E-state index in [0.717, 1.165) is 22.4 Å². The number of hydrogen-bond donors (Lipinski definition) is 0. The van der Waals surface area contributed by atoms with Crippen LogP contribution in [0.5, 0.6) is 0 Å². The molecule has 6 aromatic rings. The van der Waals surface area contributed by atoms with E-state index in [1.165, 1.54) is 77.2 Å². The van der Waals surface area contributed by atoms with Gasteiger partial charge >= 0.3 is 37.9 Å². The van der Waals surface area contributed by atoms with Crippen LogP contribution in [0.4, 0.5) is 0 Å². The van der Waals surface area contributed by atoms with Crippen molar-refractivity contribution in [2.45, 2.75) is 93.2 Å². The Morgan fingerprint density at radius 3 is 1.25 bits per heavy atom. The van der Waals surface area contributed by atoms with Gasteiger partial charge in [-0.2, -0.15) is 12.1 Å². The van der Waals surface area contributed by atoms with E-state index in [-0.39, 0.29) is 0 Å². The summed E-state index contributed by atoms with van der Waals surface area (Å²) in [5.41, 5.74) is 14.2. The van der Waals surface area contributed by atoms with Gasteiger partial charge in [0.25, 0.3) is 0 Å². The Hall–Kier alpha value is -2.22. The molecule has 250 valence electrons. The number of halogens is 2. The van der Waals surface area contributed by atoms with E-state index in [1.54, 1.807) is 0 Å². The van der Waals surface area contributed by atoms with Crippen molar-refractivity contribution < 1.29 is 20.8 Å². The standard InChI is InChI=1S/2C21H23.C2H6Si.2ClH.Zr/c2*1-5-16-8-6-7-9-19(16)21-18(14(2)3)11-10-17-12-15(4)13-20(17)21;1-3-2;;;/h2*6-14H,5H2,1-4H3;1-2H3;2*1H;/q2*-1;;;;+4/p-2. The number of hydrogen-bond acceptors (Lipinski definition) is 0. The number of fused-ring (bicyclic) bond motifs is 2. The van der Waals surface area contributed by atoms with Crippen LogP contribution in [-0.2, 0) is 33.7 Å². The van der Waals surface area contributed by atoms with Crippen LogP contribution in [0.2, 0.25) is 13.1 Å². The van der Waals surface area contributed by atoms with Gasteiger partial charge in [-0.1, -0.05) is 139 Å². The van der Waals surface area contributed by atoms with Crippen molar-refractivity contribution in [3.05, 3.63) is 130 Å². The molecule has 0 spiro atoms. The van der Waals surface area contributed by atoms with Crippen LogP contribution < -0.4 is 0 Å². The van der Waals surface area contributed by atoms with Crippen LogP contribution in [0.25, 0.3) is 43.8 Å². The number of rotatable bonds is 6. The van der Waals surface area contributed by atoms with Crippen LogP contribution in [0.1, 0.15) is 86.8 Å². The summed E-state index contributed by atoms with van der Waals surface area (Å²) in [6.45, 7) is 22.3. The van der Waals surface area contributed by atoms with Gasteiger partial charge in [-0.25, -0.2) is 0 Å². The molecule has 4 heteroatoms. The van der Waals surface area contributed by atoms with E-state index in [9.17, 15) is 0 Å². The molecular weight excluding hydrogens is 719 g/mol. The molecule has 0 bridgehead atoms. The van der Waals surface area contributed by atoms with Gasteiger partial charge in [-0.05, 0) is 46.9 Å². The number of aryl methyl sites for hydroxylation is 4. The van der Waals surface area contributed by atoms with Crippen molar-refractivity contribution in [2.24, 2.45) is 0 Å². The first-order chi connectivity index (χ1) is 23.1. The van der Waals surface area contributed by atoms with Gasteiger partial charge in [0.2, 0.25) is 0 Å². The average molecular weight is 771 g/mol. The van der Waals surface area contributed by atoms with Crippen molar-refractivity contribution in [1.29, 1.82) is 0 Å². The van der Waals surface area contributed by atoms with Crippen LogP contribution in [0, 0.1) is 13.8 Å². The molecule has 2 radical (unpaired) electrons. The van der Waals surface area contributed by atoms with Crippen LogP contribution in [0.3, 0.4) is 0 Å². The van der Waals surface area contributed by atoms with Gasteiger partial charge in [-0.3, -0.25) is 0 Å². The predicted octanol–water partition coefficient (Wildman–Crippen LogP) is 14.6. The summed E-state index contributed by atoms with van der Waals surface area (Å²) in [4.78, 5) is 0. The third kappa shape index (κ3) is 9.94. The molecule has 6 rings (SSSR count). The van der Waals surface area contributed by atoms with E-state index >= 15 is 0 Å². The monoisotopic (exact) mass is 768 g/mol. The molecule has 0 saturated heterocycles. The van der Waals surface area contributed by atoms with Crippen LogP contribution in [-0.4, -0.2) is 9.52 Å². The molecule has 0 N–H and O–H groups in total. The van der Waals surface area contributed by atoms with Gasteiger partial charge in [-0.15, -0.1) is 69.1 Å². The Morgan fingerprint density at radius 2 is 0.938 bits per heavy atom. The molecule has 0 amide bonds. The fourth-order valence-corrected chi connectivity index (χ4v) is 6.61. The van der Waals surface area contributed by atoms with Crippen molar-refractivity contribution in [2.75, 3.05) is 0 Å². The van der Waals surface area contributed by atoms with E-state index in [1.807, 2.05) is 0 Å². The summed E-state index contributed by atoms with van der Waals surface area (Å²) in [6, 6.07) is 36.1. The Bertz CT molecular complexity index is 1740. The average Bonchev–Trinajstić information content (AvgIpc) is 3.65. The second kappa shape index (κ2) is 19.8. The minimum atomic E-state index is -0.826. The maximum atomic E-state index is 4.93. The minimum absolute atomic E-state index is 0.532. The molecule has 0 nitrogen and oxygen atoms in total. The molecule has 0 aliphatic heterocycles. The Morgan fingerprint density at radius 1 is 0.604 bits per heavy atom. The van der Waals surface area contributed by atoms with Gasteiger partial charge in [0.05, 0.1) is 0 Å². The SMILES string of the molecule is CCc1ccccc1-c1c(C(C)C)ccc2[cH-]c(C)cc12.CCc1ccccc1-c1c(C(C)C)ccc2[cH-]c(C)cc12.C[Si]C.[Cl][Zr+2][Cl]. The van der Waals surface area contributed by atoms with E-state index in [2.05, 4.69) is 166 Å². The van der Waals surface area contributed by atoms with E-state index in [0.29, 0.717) is 11.8 Å². The van der Waals surface area contributed by atoms with Gasteiger partial charge < -0.3 is 0 Å². The zero-order valence-corrected chi connectivity index (χ0v) is 35.5. The van der Waals surface area contributed by atoms with Crippen LogP contribution >= 0.6 is 17.0 Å². The Labute approximate surface area is 312 Å². The first kappa shape index (κ1) is 40.2. The van der Waals surface area contributed by atoms with Crippen LogP contribution in [0.15, 0.2) is 97.1 Å². The molecule has 0 atom stereocenters. The summed E-state index contributed by atoms with van der Waals surface area (Å²) < 4.78 is 0. The maximum absolute atomic E-state index is 4.93. The molecule has 0 aromatic heterocycles. The topological polar surface area (TPSA) is 0 Å². The summed E-state index contributed by atoms with van der Waals surface area (Å²) >= 11 is -0.826. The second-order valence-corrected chi connectivity index (χ2v) is 17.8. The van der Waals surface area contributed by atoms with Crippen molar-refractivity contribution in [3.8, 4) is 22.3 Å². The fourth-order valence-electron chi connectivity index (χ4n) is 6.61. The van der Waals surface area contributed by atoms with E-state index in [4.69, 9.17) is 17.0 Å². The Balaban J connectivity index is 0.000000224. The summed E-state index contributed by atoms with van der Waals surface area (Å²) in [5, 5.41) is 5.52. The molecule has 0 aliphatic carbocycles. The van der Waals surface area contributed by atoms with Gasteiger partial charge in [0, 0.05) is 9.52 Å². The van der Waals surface area contributed by atoms with Gasteiger partial charge in [0.1, 0.15) is 0 Å². The molecule has 0 fully saturated rings. The third-order valence-electron chi connectivity index (χ3n) is 8.71. The zero-order chi connectivity index (χ0) is 35.4. The number of benzene rings is 4. The second-order valence-electron chi connectivity index (χ2n) is 13.0. The van der Waals surface area contributed by atoms with Crippen molar-refractivity contribution in [3.63, 3.8) is 0 Å². The molecule has 0 aliphatic rings. The molecular formula is C44H52Cl2SiZr. The fraction of sp³-hybridized carbons (Fsp3) is 0.318. The van der Waals surface area contributed by atoms with Crippen molar-refractivity contribution >= 4 is 48.1 Å². The molecule has 0 saturated carbocycles. The molecule has 48 heavy (non-hydrogen) atoms. The molecule has 0 heterocycles. The Kier molecular flexibility index (Phi) is 16.6. The predicted molar refractivity (Wildman–Crippen MR) is 216 cm³/mol. The first-order valence-corrected chi connectivity index (χ1v) is 25.5. The zero-order valence-electron chi connectivity index (χ0n) is 30.6. The molecule has 6 aromatic carbocycles. The van der Waals surface area contributed by atoms with Crippen molar-refractivity contribution in [1.82, 2.24) is 0 Å². The molecule has 0 unspecified atom stereocenters. The quantitative estimate of drug-likeness (QED) is 0.117. The van der Waals surface area contributed by atoms with Gasteiger partial charge in [0.15, 0.2) is 0 Å². The summed E-state index contributed by atoms with van der Waals surface area (Å²) in [7, 11) is 11.0. The summed E-state index contributed by atoms with van der Waals surface area (Å²) in [5.74, 6) is 1.06. The first-order valence-electron chi connectivity index (χ1n) is 17.2. The van der Waals surface area contributed by atoms with E-state index < -0.39 is 20.8 Å². The normalized spacial score (nSPS) is 10.6. The summed E-state index contributed by atoms with van der Waals surface area (Å²) in [6.07, 6.45) is 2.15. The third-order valence-corrected chi connectivity index (χ3v) is 8.71.